The largest absolute Gasteiger partial charge is 0.496 e. The molecule has 1 aliphatic rings. The van der Waals surface area contributed by atoms with Crippen molar-refractivity contribution in [3.8, 4) is 17.3 Å². The Balaban J connectivity index is 1.54. The lowest BCUT2D eigenvalue weighted by Crippen LogP contribution is -2.38. The van der Waals surface area contributed by atoms with E-state index >= 15 is 0 Å². The van der Waals surface area contributed by atoms with Crippen LogP contribution in [0.25, 0.3) is 11.5 Å². The predicted octanol–water partition coefficient (Wildman–Crippen LogP) is 3.63. The molecule has 0 fully saturated rings. The standard InChI is InChI=1S/C23H24F3N7O4/c1-13(2)33-20(29-30-31-33)17-5-4-6-19(27-17)28-21(34)16-9-15-11-32(22(35)37-12-23(24,25)26)8-7-14(15)10-18(16)36-3/h4-6,9-10,13H,7-8,11-12H2,1-3H3,(H,27,28,34). The molecule has 0 radical (unpaired) electrons. The molecule has 2 amide bonds. The molecular formula is C23H24F3N7O4. The number of halogens is 3. The second kappa shape index (κ2) is 10.4. The van der Waals surface area contributed by atoms with Crippen molar-refractivity contribution >= 4 is 17.8 Å². The highest BCUT2D eigenvalue weighted by Crippen LogP contribution is 2.29. The molecule has 11 nitrogen and oxygen atoms in total. The molecule has 0 bridgehead atoms. The van der Waals surface area contributed by atoms with Gasteiger partial charge in [0.2, 0.25) is 5.82 Å². The van der Waals surface area contributed by atoms with Gasteiger partial charge in [-0.1, -0.05) is 6.07 Å². The second-order valence-corrected chi connectivity index (χ2v) is 8.57. The van der Waals surface area contributed by atoms with Crippen molar-refractivity contribution in [2.45, 2.75) is 39.0 Å². The van der Waals surface area contributed by atoms with E-state index in [2.05, 4.69) is 30.6 Å². The summed E-state index contributed by atoms with van der Waals surface area (Å²) >= 11 is 0. The third-order valence-corrected chi connectivity index (χ3v) is 5.60. The Bertz CT molecular complexity index is 1310. The number of nitrogens with one attached hydrogen (secondary N) is 1. The first kappa shape index (κ1) is 25.9. The molecule has 3 heterocycles. The highest BCUT2D eigenvalue weighted by Gasteiger charge is 2.32. The highest BCUT2D eigenvalue weighted by atomic mass is 19.4. The van der Waals surface area contributed by atoms with Crippen LogP contribution in [0.5, 0.6) is 5.75 Å². The van der Waals surface area contributed by atoms with Crippen LogP contribution in [0.15, 0.2) is 30.3 Å². The number of benzene rings is 1. The second-order valence-electron chi connectivity index (χ2n) is 8.57. The van der Waals surface area contributed by atoms with Gasteiger partial charge in [-0.2, -0.15) is 13.2 Å². The molecule has 0 unspecified atom stereocenters. The van der Waals surface area contributed by atoms with Crippen molar-refractivity contribution in [1.82, 2.24) is 30.1 Å². The van der Waals surface area contributed by atoms with Gasteiger partial charge in [-0.25, -0.2) is 14.5 Å². The van der Waals surface area contributed by atoms with Crippen molar-refractivity contribution in [3.05, 3.63) is 47.0 Å². The summed E-state index contributed by atoms with van der Waals surface area (Å²) in [6, 6.07) is 8.25. The number of carbonyl (C=O) groups is 2. The molecule has 0 atom stereocenters. The first-order chi connectivity index (χ1) is 17.6. The number of nitrogens with zero attached hydrogens (tertiary/aromatic N) is 6. The van der Waals surface area contributed by atoms with Gasteiger partial charge < -0.3 is 19.7 Å². The van der Waals surface area contributed by atoms with E-state index in [0.29, 0.717) is 29.3 Å². The van der Waals surface area contributed by atoms with Crippen LogP contribution in [0.2, 0.25) is 0 Å². The van der Waals surface area contributed by atoms with E-state index in [9.17, 15) is 22.8 Å². The summed E-state index contributed by atoms with van der Waals surface area (Å²) in [5.41, 5.74) is 2.04. The van der Waals surface area contributed by atoms with E-state index in [1.165, 1.54) is 7.11 Å². The van der Waals surface area contributed by atoms with Crippen molar-refractivity contribution in [3.63, 3.8) is 0 Å². The maximum Gasteiger partial charge on any atom is 0.422 e. The zero-order valence-electron chi connectivity index (χ0n) is 20.2. The Morgan fingerprint density at radius 1 is 1.19 bits per heavy atom. The number of hydrogen-bond acceptors (Lipinski definition) is 8. The fourth-order valence-electron chi connectivity index (χ4n) is 3.85. The van der Waals surface area contributed by atoms with Gasteiger partial charge in [0.15, 0.2) is 6.61 Å². The number of tetrazole rings is 1. The summed E-state index contributed by atoms with van der Waals surface area (Å²) in [4.78, 5) is 30.9. The van der Waals surface area contributed by atoms with Crippen LogP contribution < -0.4 is 10.1 Å². The summed E-state index contributed by atoms with van der Waals surface area (Å²) in [6.07, 6.45) is -5.33. The summed E-state index contributed by atoms with van der Waals surface area (Å²) in [6.45, 7) is 2.34. The van der Waals surface area contributed by atoms with Gasteiger partial charge in [0.1, 0.15) is 17.3 Å². The molecule has 37 heavy (non-hydrogen) atoms. The minimum absolute atomic E-state index is 0.00452. The molecular weight excluding hydrogens is 495 g/mol. The normalized spacial score (nSPS) is 13.3. The van der Waals surface area contributed by atoms with Crippen LogP contribution in [0.3, 0.4) is 0 Å². The number of aromatic nitrogens is 5. The Hall–Kier alpha value is -4.23. The molecule has 0 saturated heterocycles. The molecule has 4 rings (SSSR count). The number of carbonyl (C=O) groups excluding carboxylic acids is 2. The van der Waals surface area contributed by atoms with E-state index in [1.807, 2.05) is 13.8 Å². The number of hydrogen-bond donors (Lipinski definition) is 1. The molecule has 0 saturated carbocycles. The predicted molar refractivity (Wildman–Crippen MR) is 124 cm³/mol. The minimum atomic E-state index is -4.62. The van der Waals surface area contributed by atoms with Crippen LogP contribution in [0.4, 0.5) is 23.8 Å². The van der Waals surface area contributed by atoms with E-state index in [0.717, 1.165) is 10.5 Å². The van der Waals surface area contributed by atoms with Gasteiger partial charge in [-0.15, -0.1) is 5.10 Å². The van der Waals surface area contributed by atoms with Crippen LogP contribution >= 0.6 is 0 Å². The molecule has 196 valence electrons. The zero-order valence-corrected chi connectivity index (χ0v) is 20.2. The van der Waals surface area contributed by atoms with E-state index in [-0.39, 0.29) is 30.5 Å². The summed E-state index contributed by atoms with van der Waals surface area (Å²) in [5.74, 6) is 0.474. The molecule has 14 heteroatoms. The SMILES string of the molecule is COc1cc2c(cc1C(=O)Nc1cccc(-c3nnnn3C(C)C)n1)CN(C(=O)OCC(F)(F)F)CC2. The Morgan fingerprint density at radius 2 is 1.97 bits per heavy atom. The fraction of sp³-hybridized carbons (Fsp3) is 0.391. The van der Waals surface area contributed by atoms with Crippen molar-refractivity contribution in [1.29, 1.82) is 0 Å². The van der Waals surface area contributed by atoms with Gasteiger partial charge in [-0.3, -0.25) is 4.79 Å². The van der Waals surface area contributed by atoms with E-state index in [1.54, 1.807) is 35.0 Å². The Labute approximate surface area is 209 Å². The van der Waals surface area contributed by atoms with E-state index < -0.39 is 24.8 Å². The van der Waals surface area contributed by atoms with Crippen LogP contribution in [-0.4, -0.2) is 68.5 Å². The lowest BCUT2D eigenvalue weighted by Gasteiger charge is -2.29. The molecule has 1 N–H and O–H groups in total. The number of anilines is 1. The average Bonchev–Trinajstić information content (AvgIpc) is 3.36. The van der Waals surface area contributed by atoms with Gasteiger partial charge in [0, 0.05) is 13.1 Å². The smallest absolute Gasteiger partial charge is 0.422 e. The maximum absolute atomic E-state index is 13.2. The number of methoxy groups -OCH3 is 1. The highest BCUT2D eigenvalue weighted by molar-refractivity contribution is 6.06. The van der Waals surface area contributed by atoms with Crippen LogP contribution in [0, 0.1) is 0 Å². The van der Waals surface area contributed by atoms with Gasteiger partial charge in [0.25, 0.3) is 5.91 Å². The van der Waals surface area contributed by atoms with Gasteiger partial charge in [-0.05, 0) is 66.1 Å². The lowest BCUT2D eigenvalue weighted by atomic mass is 9.96. The number of rotatable bonds is 6. The molecule has 0 aliphatic carbocycles. The third kappa shape index (κ3) is 5.95. The molecule has 3 aromatic rings. The number of ether oxygens (including phenoxy) is 2. The monoisotopic (exact) mass is 519 g/mol. The number of fused-ring (bicyclic) bond motifs is 1. The maximum atomic E-state index is 13.2. The van der Waals surface area contributed by atoms with Crippen LogP contribution in [0.1, 0.15) is 41.4 Å². The van der Waals surface area contributed by atoms with Gasteiger partial charge >= 0.3 is 12.3 Å². The number of alkyl halides is 3. The van der Waals surface area contributed by atoms with Crippen molar-refractivity contribution in [2.75, 3.05) is 25.6 Å². The molecule has 1 aliphatic heterocycles. The molecule has 0 spiro atoms. The summed E-state index contributed by atoms with van der Waals surface area (Å²) < 4.78 is 48.6. The average molecular weight is 519 g/mol. The topological polar surface area (TPSA) is 124 Å². The quantitative estimate of drug-likeness (QED) is 0.524. The van der Waals surface area contributed by atoms with Crippen molar-refractivity contribution < 1.29 is 32.2 Å². The zero-order chi connectivity index (χ0) is 26.7. The van der Waals surface area contributed by atoms with E-state index in [4.69, 9.17) is 4.74 Å². The van der Waals surface area contributed by atoms with Crippen molar-refractivity contribution in [2.24, 2.45) is 0 Å². The third-order valence-electron chi connectivity index (χ3n) is 5.60. The number of pyridine rings is 1. The Morgan fingerprint density at radius 3 is 2.68 bits per heavy atom. The summed E-state index contributed by atoms with van der Waals surface area (Å²) in [5, 5.41) is 14.4. The lowest BCUT2D eigenvalue weighted by molar-refractivity contribution is -0.162. The molecule has 2 aromatic heterocycles. The number of amides is 2. The first-order valence-corrected chi connectivity index (χ1v) is 11.3. The minimum Gasteiger partial charge on any atom is -0.496 e. The Kier molecular flexibility index (Phi) is 7.27. The summed E-state index contributed by atoms with van der Waals surface area (Å²) in [7, 11) is 1.42. The fourth-order valence-corrected chi connectivity index (χ4v) is 3.85. The first-order valence-electron chi connectivity index (χ1n) is 11.3. The van der Waals surface area contributed by atoms with Gasteiger partial charge in [0.05, 0.1) is 18.7 Å². The van der Waals surface area contributed by atoms with Crippen LogP contribution in [-0.2, 0) is 17.7 Å². The molecule has 1 aromatic carbocycles.